The zero-order valence-electron chi connectivity index (χ0n) is 10.1. The van der Waals surface area contributed by atoms with Gasteiger partial charge in [0.15, 0.2) is 0 Å². The molecule has 0 amide bonds. The van der Waals surface area contributed by atoms with Gasteiger partial charge in [-0.15, -0.1) is 0 Å². The maximum absolute atomic E-state index is 6.03. The van der Waals surface area contributed by atoms with E-state index in [9.17, 15) is 0 Å². The predicted octanol–water partition coefficient (Wildman–Crippen LogP) is 4.92. The molecule has 0 saturated carbocycles. The van der Waals surface area contributed by atoms with Gasteiger partial charge in [-0.25, -0.2) is 0 Å². The minimum atomic E-state index is 0.325. The molecule has 1 nitrogen and oxygen atoms in total. The highest BCUT2D eigenvalue weighted by atomic mass is 79.9. The molecule has 1 aliphatic rings. The number of allylic oxidation sites excluding steroid dienone is 5. The number of hydrogen-bond donors (Lipinski definition) is 0. The van der Waals surface area contributed by atoms with Crippen LogP contribution >= 0.6 is 27.5 Å². The monoisotopic (exact) mass is 324 g/mol. The van der Waals surface area contributed by atoms with Crippen LogP contribution in [0.3, 0.4) is 0 Å². The first-order valence-corrected chi connectivity index (χ1v) is 7.01. The van der Waals surface area contributed by atoms with E-state index in [1.807, 2.05) is 36.4 Å². The molecule has 0 fully saturated rings. The second-order valence-electron chi connectivity index (χ2n) is 4.10. The van der Waals surface area contributed by atoms with Crippen LogP contribution < -0.4 is 4.74 Å². The molecule has 0 N–H and O–H groups in total. The van der Waals surface area contributed by atoms with E-state index in [0.29, 0.717) is 4.83 Å². The Morgan fingerprint density at radius 1 is 1.28 bits per heavy atom. The van der Waals surface area contributed by atoms with Crippen LogP contribution in [0.4, 0.5) is 0 Å². The fourth-order valence-electron chi connectivity index (χ4n) is 1.78. The first-order chi connectivity index (χ1) is 8.67. The van der Waals surface area contributed by atoms with Crippen molar-refractivity contribution >= 4 is 33.6 Å². The fraction of sp³-hybridized carbons (Fsp3) is 0.200. The lowest BCUT2D eigenvalue weighted by atomic mass is 10.0. The number of methoxy groups -OCH3 is 1. The van der Waals surface area contributed by atoms with E-state index in [4.69, 9.17) is 16.3 Å². The normalized spacial score (nSPS) is 19.6. The molecule has 1 atom stereocenters. The molecule has 0 aromatic heterocycles. The Bertz CT molecular complexity index is 500. The van der Waals surface area contributed by atoms with Crippen LogP contribution in [0.1, 0.15) is 12.0 Å². The number of hydrogen-bond acceptors (Lipinski definition) is 1. The highest BCUT2D eigenvalue weighted by molar-refractivity contribution is 9.09. The second kappa shape index (κ2) is 6.26. The van der Waals surface area contributed by atoms with Gasteiger partial charge in [0.05, 0.1) is 7.11 Å². The summed E-state index contributed by atoms with van der Waals surface area (Å²) >= 11 is 9.59. The second-order valence-corrected chi connectivity index (χ2v) is 5.71. The van der Waals surface area contributed by atoms with Crippen molar-refractivity contribution in [3.63, 3.8) is 0 Å². The van der Waals surface area contributed by atoms with Gasteiger partial charge in [0.2, 0.25) is 0 Å². The summed E-state index contributed by atoms with van der Waals surface area (Å²) in [6.45, 7) is 0. The number of benzene rings is 1. The Hall–Kier alpha value is -0.990. The fourth-order valence-corrected chi connectivity index (χ4v) is 2.88. The Labute approximate surface area is 121 Å². The van der Waals surface area contributed by atoms with Crippen LogP contribution in [0.25, 0.3) is 6.08 Å². The molecule has 0 aliphatic heterocycles. The van der Waals surface area contributed by atoms with Crippen molar-refractivity contribution in [2.75, 3.05) is 7.11 Å². The highest BCUT2D eigenvalue weighted by Gasteiger charge is 2.09. The molecule has 0 saturated heterocycles. The minimum Gasteiger partial charge on any atom is -0.497 e. The molecule has 0 spiro atoms. The molecule has 2 rings (SSSR count). The molecule has 0 heterocycles. The molecule has 94 valence electrons. The third-order valence-electron chi connectivity index (χ3n) is 2.70. The van der Waals surface area contributed by atoms with Crippen molar-refractivity contribution in [2.24, 2.45) is 0 Å². The molecule has 0 radical (unpaired) electrons. The first kappa shape index (κ1) is 13.4. The van der Waals surface area contributed by atoms with Gasteiger partial charge in [0.25, 0.3) is 0 Å². The van der Waals surface area contributed by atoms with Gasteiger partial charge < -0.3 is 4.74 Å². The summed E-state index contributed by atoms with van der Waals surface area (Å²) in [5.74, 6) is 0.871. The van der Waals surface area contributed by atoms with Gasteiger partial charge in [-0.2, -0.15) is 0 Å². The molecule has 1 unspecified atom stereocenters. The molecule has 18 heavy (non-hydrogen) atoms. The summed E-state index contributed by atoms with van der Waals surface area (Å²) in [7, 11) is 1.67. The topological polar surface area (TPSA) is 9.23 Å². The van der Waals surface area contributed by atoms with E-state index in [-0.39, 0.29) is 0 Å². The van der Waals surface area contributed by atoms with Gasteiger partial charge >= 0.3 is 0 Å². The summed E-state index contributed by atoms with van der Waals surface area (Å²) in [5, 5.41) is 0.789. The standard InChI is InChI=1S/C15H14BrClO/c1-18-15-6-4-11(5-7-15)2-3-12-8-13(16)10-14(17)9-12/h2-7,9-10,13H,8H2,1H3/b3-2+. The van der Waals surface area contributed by atoms with E-state index < -0.39 is 0 Å². The minimum absolute atomic E-state index is 0.325. The van der Waals surface area contributed by atoms with Gasteiger partial charge in [0, 0.05) is 9.86 Å². The summed E-state index contributed by atoms with van der Waals surface area (Å²) < 4.78 is 5.13. The van der Waals surface area contributed by atoms with Crippen LogP contribution in [-0.2, 0) is 0 Å². The van der Waals surface area contributed by atoms with Crippen LogP contribution in [0, 0.1) is 0 Å². The molecule has 3 heteroatoms. The van der Waals surface area contributed by atoms with E-state index >= 15 is 0 Å². The Morgan fingerprint density at radius 3 is 2.61 bits per heavy atom. The summed E-state index contributed by atoms with van der Waals surface area (Å²) in [4.78, 5) is 0.325. The van der Waals surface area contributed by atoms with Crippen molar-refractivity contribution < 1.29 is 4.74 Å². The first-order valence-electron chi connectivity index (χ1n) is 5.71. The summed E-state index contributed by atoms with van der Waals surface area (Å²) in [6.07, 6.45) is 9.15. The number of rotatable bonds is 3. The van der Waals surface area contributed by atoms with Crippen molar-refractivity contribution in [2.45, 2.75) is 11.2 Å². The molecule has 1 aromatic rings. The molecular formula is C15H14BrClO. The van der Waals surface area contributed by atoms with Gasteiger partial charge in [-0.1, -0.05) is 57.9 Å². The number of halogens is 2. The average Bonchev–Trinajstić information content (AvgIpc) is 2.36. The Kier molecular flexibility index (Phi) is 4.67. The predicted molar refractivity (Wildman–Crippen MR) is 81.4 cm³/mol. The highest BCUT2D eigenvalue weighted by Crippen LogP contribution is 2.26. The van der Waals surface area contributed by atoms with E-state index in [2.05, 4.69) is 28.1 Å². The van der Waals surface area contributed by atoms with E-state index in [0.717, 1.165) is 22.8 Å². The maximum Gasteiger partial charge on any atom is 0.118 e. The molecule has 0 bridgehead atoms. The van der Waals surface area contributed by atoms with Crippen LogP contribution in [0.15, 0.2) is 53.1 Å². The summed E-state index contributed by atoms with van der Waals surface area (Å²) in [6, 6.07) is 7.97. The maximum atomic E-state index is 6.03. The SMILES string of the molecule is COc1ccc(/C=C/C2=CC(Cl)=CC(Br)C2)cc1. The van der Waals surface area contributed by atoms with Crippen LogP contribution in [0.2, 0.25) is 0 Å². The van der Waals surface area contributed by atoms with Gasteiger partial charge in [-0.05, 0) is 35.8 Å². The lowest BCUT2D eigenvalue weighted by Gasteiger charge is -2.11. The zero-order chi connectivity index (χ0) is 13.0. The van der Waals surface area contributed by atoms with E-state index in [1.54, 1.807) is 7.11 Å². The third-order valence-corrected chi connectivity index (χ3v) is 3.52. The Morgan fingerprint density at radius 2 is 2.00 bits per heavy atom. The number of alkyl halides is 1. The van der Waals surface area contributed by atoms with E-state index in [1.165, 1.54) is 5.57 Å². The van der Waals surface area contributed by atoms with Crippen LogP contribution in [-0.4, -0.2) is 11.9 Å². The largest absolute Gasteiger partial charge is 0.497 e. The van der Waals surface area contributed by atoms with Crippen LogP contribution in [0.5, 0.6) is 5.75 Å². The molecular weight excluding hydrogens is 312 g/mol. The lowest BCUT2D eigenvalue weighted by Crippen LogP contribution is -1.99. The van der Waals surface area contributed by atoms with Gasteiger partial charge in [-0.3, -0.25) is 0 Å². The third kappa shape index (κ3) is 3.76. The molecule has 1 aliphatic carbocycles. The zero-order valence-corrected chi connectivity index (χ0v) is 12.4. The van der Waals surface area contributed by atoms with Crippen molar-refractivity contribution in [3.8, 4) is 5.75 Å². The lowest BCUT2D eigenvalue weighted by molar-refractivity contribution is 0.415. The Balaban J connectivity index is 2.08. The average molecular weight is 326 g/mol. The quantitative estimate of drug-likeness (QED) is 0.716. The summed E-state index contributed by atoms with van der Waals surface area (Å²) in [5.41, 5.74) is 2.37. The van der Waals surface area contributed by atoms with Gasteiger partial charge in [0.1, 0.15) is 5.75 Å². The smallest absolute Gasteiger partial charge is 0.118 e. The van der Waals surface area contributed by atoms with Crippen molar-refractivity contribution in [3.05, 3.63) is 58.7 Å². The molecule has 1 aromatic carbocycles. The van der Waals surface area contributed by atoms with Crippen molar-refractivity contribution in [1.82, 2.24) is 0 Å². The number of ether oxygens (including phenoxy) is 1. The van der Waals surface area contributed by atoms with Crippen molar-refractivity contribution in [1.29, 1.82) is 0 Å².